The highest BCUT2D eigenvalue weighted by Crippen LogP contribution is 1.97. The van der Waals surface area contributed by atoms with E-state index in [2.05, 4.69) is 15.3 Å². The van der Waals surface area contributed by atoms with E-state index >= 15 is 0 Å². The van der Waals surface area contributed by atoms with Crippen molar-refractivity contribution in [1.82, 2.24) is 15.3 Å². The van der Waals surface area contributed by atoms with Gasteiger partial charge in [0.15, 0.2) is 0 Å². The molecule has 7 nitrogen and oxygen atoms in total. The van der Waals surface area contributed by atoms with Crippen molar-refractivity contribution in [2.45, 2.75) is 19.4 Å². The molecule has 1 rings (SSSR count). The van der Waals surface area contributed by atoms with Crippen LogP contribution in [0.1, 0.15) is 22.6 Å². The van der Waals surface area contributed by atoms with Crippen molar-refractivity contribution >= 4 is 11.9 Å². The predicted octanol–water partition coefficient (Wildman–Crippen LogP) is -0.650. The zero-order valence-corrected chi connectivity index (χ0v) is 9.25. The number of aromatic nitrogens is 2. The van der Waals surface area contributed by atoms with Gasteiger partial charge < -0.3 is 15.5 Å². The van der Waals surface area contributed by atoms with Gasteiger partial charge in [-0.05, 0) is 6.92 Å². The van der Waals surface area contributed by atoms with E-state index in [0.29, 0.717) is 5.69 Å². The van der Waals surface area contributed by atoms with Crippen LogP contribution in [0.3, 0.4) is 0 Å². The number of aryl methyl sites for hydroxylation is 1. The fourth-order valence-electron chi connectivity index (χ4n) is 1.13. The second-order valence-corrected chi connectivity index (χ2v) is 3.42. The molecule has 0 bridgehead atoms. The zero-order valence-electron chi connectivity index (χ0n) is 9.25. The molecule has 1 atom stereocenters. The van der Waals surface area contributed by atoms with Crippen molar-refractivity contribution in [3.8, 4) is 0 Å². The number of carboxylic acid groups (broad SMARTS) is 1. The highest BCUT2D eigenvalue weighted by Gasteiger charge is 2.20. The number of carbonyl (C=O) groups excluding carboxylic acids is 1. The summed E-state index contributed by atoms with van der Waals surface area (Å²) in [6.45, 7) is 1.40. The largest absolute Gasteiger partial charge is 0.480 e. The number of aliphatic hydroxyl groups excluding tert-OH is 1. The second kappa shape index (κ2) is 5.90. The first-order valence-corrected chi connectivity index (χ1v) is 4.97. The van der Waals surface area contributed by atoms with Crippen LogP contribution in [0.25, 0.3) is 0 Å². The van der Waals surface area contributed by atoms with E-state index in [1.165, 1.54) is 12.4 Å². The Morgan fingerprint density at radius 1 is 1.41 bits per heavy atom. The first kappa shape index (κ1) is 13.0. The first-order valence-electron chi connectivity index (χ1n) is 4.97. The van der Waals surface area contributed by atoms with E-state index in [0.717, 1.165) is 0 Å². The van der Waals surface area contributed by atoms with E-state index in [4.69, 9.17) is 10.2 Å². The Labute approximate surface area is 97.5 Å². The van der Waals surface area contributed by atoms with Gasteiger partial charge in [-0.1, -0.05) is 0 Å². The van der Waals surface area contributed by atoms with Crippen LogP contribution in [0.15, 0.2) is 12.4 Å². The molecule has 1 unspecified atom stereocenters. The Morgan fingerprint density at radius 2 is 2.12 bits per heavy atom. The third-order valence-corrected chi connectivity index (χ3v) is 2.03. The monoisotopic (exact) mass is 239 g/mol. The van der Waals surface area contributed by atoms with Crippen molar-refractivity contribution in [2.24, 2.45) is 0 Å². The number of nitrogens with zero attached hydrogens (tertiary/aromatic N) is 2. The molecule has 0 radical (unpaired) electrons. The molecule has 1 amide bonds. The third kappa shape index (κ3) is 3.80. The lowest BCUT2D eigenvalue weighted by Crippen LogP contribution is -2.41. The van der Waals surface area contributed by atoms with Gasteiger partial charge in [0, 0.05) is 19.2 Å². The molecule has 7 heteroatoms. The Hall–Kier alpha value is -2.02. The molecule has 0 aliphatic carbocycles. The summed E-state index contributed by atoms with van der Waals surface area (Å²) < 4.78 is 0. The molecule has 1 heterocycles. The van der Waals surface area contributed by atoms with Crippen molar-refractivity contribution in [3.05, 3.63) is 23.8 Å². The number of aliphatic hydroxyl groups is 1. The molecule has 92 valence electrons. The zero-order chi connectivity index (χ0) is 12.8. The maximum absolute atomic E-state index is 11.6. The number of carboxylic acids is 1. The minimum atomic E-state index is -1.20. The first-order chi connectivity index (χ1) is 8.04. The molecule has 1 aromatic rings. The van der Waals surface area contributed by atoms with Crippen molar-refractivity contribution in [3.63, 3.8) is 0 Å². The lowest BCUT2D eigenvalue weighted by molar-refractivity contribution is -0.139. The summed E-state index contributed by atoms with van der Waals surface area (Å²) in [5.41, 5.74) is 0.700. The summed E-state index contributed by atoms with van der Waals surface area (Å²) in [6.07, 6.45) is 2.62. The molecule has 3 N–H and O–H groups in total. The Morgan fingerprint density at radius 3 is 2.59 bits per heavy atom. The summed E-state index contributed by atoms with van der Waals surface area (Å²) in [6, 6.07) is -1.13. The average molecular weight is 239 g/mol. The van der Waals surface area contributed by atoms with Crippen LogP contribution < -0.4 is 5.32 Å². The maximum Gasteiger partial charge on any atom is 0.326 e. The molecule has 0 saturated carbocycles. The van der Waals surface area contributed by atoms with Gasteiger partial charge in [-0.3, -0.25) is 9.78 Å². The van der Waals surface area contributed by atoms with E-state index in [-0.39, 0.29) is 18.7 Å². The minimum absolute atomic E-state index is 0.0415. The second-order valence-electron chi connectivity index (χ2n) is 3.42. The van der Waals surface area contributed by atoms with Gasteiger partial charge in [-0.25, -0.2) is 9.78 Å². The molecule has 0 aliphatic heterocycles. The number of carbonyl (C=O) groups is 2. The number of amides is 1. The van der Waals surface area contributed by atoms with Gasteiger partial charge in [-0.15, -0.1) is 0 Å². The highest BCUT2D eigenvalue weighted by atomic mass is 16.4. The highest BCUT2D eigenvalue weighted by molar-refractivity contribution is 5.94. The predicted molar refractivity (Wildman–Crippen MR) is 57.4 cm³/mol. The molecule has 0 spiro atoms. The van der Waals surface area contributed by atoms with Gasteiger partial charge in [0.1, 0.15) is 11.7 Å². The quantitative estimate of drug-likeness (QED) is 0.629. The van der Waals surface area contributed by atoms with Crippen molar-refractivity contribution < 1.29 is 19.8 Å². The van der Waals surface area contributed by atoms with Gasteiger partial charge in [0.25, 0.3) is 5.91 Å². The molecule has 17 heavy (non-hydrogen) atoms. The molecular formula is C10H13N3O4. The maximum atomic E-state index is 11.6. The summed E-state index contributed by atoms with van der Waals surface area (Å²) >= 11 is 0. The molecule has 0 aliphatic rings. The fourth-order valence-corrected chi connectivity index (χ4v) is 1.13. The van der Waals surface area contributed by atoms with Gasteiger partial charge in [-0.2, -0.15) is 0 Å². The molecule has 1 aromatic heterocycles. The van der Waals surface area contributed by atoms with Crippen LogP contribution in [0.4, 0.5) is 0 Å². The summed E-state index contributed by atoms with van der Waals surface area (Å²) in [5.74, 6) is -1.83. The van der Waals surface area contributed by atoms with Crippen LogP contribution in [0, 0.1) is 6.92 Å². The van der Waals surface area contributed by atoms with Gasteiger partial charge in [0.05, 0.1) is 11.9 Å². The van der Waals surface area contributed by atoms with Gasteiger partial charge >= 0.3 is 5.97 Å². The smallest absolute Gasteiger partial charge is 0.326 e. The van der Waals surface area contributed by atoms with Crippen LogP contribution in [-0.2, 0) is 4.79 Å². The van der Waals surface area contributed by atoms with Crippen molar-refractivity contribution in [1.29, 1.82) is 0 Å². The number of hydrogen-bond donors (Lipinski definition) is 3. The SMILES string of the molecule is Cc1cnc(C(=O)NC(CCO)C(=O)O)cn1. The number of hydrogen-bond acceptors (Lipinski definition) is 5. The topological polar surface area (TPSA) is 112 Å². The van der Waals surface area contributed by atoms with E-state index < -0.39 is 17.9 Å². The normalized spacial score (nSPS) is 11.9. The lowest BCUT2D eigenvalue weighted by atomic mass is 10.2. The minimum Gasteiger partial charge on any atom is -0.480 e. The molecule has 0 fully saturated rings. The Kier molecular flexibility index (Phi) is 4.53. The van der Waals surface area contributed by atoms with Crippen LogP contribution in [0.2, 0.25) is 0 Å². The molecular weight excluding hydrogens is 226 g/mol. The number of rotatable bonds is 5. The van der Waals surface area contributed by atoms with Crippen LogP contribution in [-0.4, -0.2) is 44.7 Å². The number of aliphatic carboxylic acids is 1. The third-order valence-electron chi connectivity index (χ3n) is 2.03. The standard InChI is InChI=1S/C10H13N3O4/c1-6-4-12-8(5-11-6)9(15)13-7(2-3-14)10(16)17/h4-5,7,14H,2-3H2,1H3,(H,13,15)(H,16,17). The van der Waals surface area contributed by atoms with Crippen molar-refractivity contribution in [2.75, 3.05) is 6.61 Å². The number of nitrogens with one attached hydrogen (secondary N) is 1. The van der Waals surface area contributed by atoms with Crippen LogP contribution in [0.5, 0.6) is 0 Å². The Balaban J connectivity index is 2.70. The Bertz CT molecular complexity index is 405. The van der Waals surface area contributed by atoms with E-state index in [9.17, 15) is 9.59 Å². The average Bonchev–Trinajstić information content (AvgIpc) is 2.29. The fraction of sp³-hybridized carbons (Fsp3) is 0.400. The van der Waals surface area contributed by atoms with E-state index in [1.807, 2.05) is 0 Å². The van der Waals surface area contributed by atoms with E-state index in [1.54, 1.807) is 6.92 Å². The molecule has 0 aromatic carbocycles. The lowest BCUT2D eigenvalue weighted by Gasteiger charge is -2.12. The molecule has 0 saturated heterocycles. The summed E-state index contributed by atoms with van der Waals surface area (Å²) in [4.78, 5) is 30.0. The van der Waals surface area contributed by atoms with Crippen LogP contribution >= 0.6 is 0 Å². The summed E-state index contributed by atoms with van der Waals surface area (Å²) in [7, 11) is 0. The van der Waals surface area contributed by atoms with Gasteiger partial charge in [0.2, 0.25) is 0 Å². The summed E-state index contributed by atoms with van der Waals surface area (Å²) in [5, 5.41) is 19.7.